The zero-order valence-electron chi connectivity index (χ0n) is 50.2. The average Bonchev–Trinajstić information content (AvgIpc) is 4.39. The van der Waals surface area contributed by atoms with Crippen molar-refractivity contribution in [3.63, 3.8) is 0 Å². The Hall–Kier alpha value is -6.51. The first-order valence-corrected chi connectivity index (χ1v) is 29.0. The molecule has 7 rings (SSSR count). The van der Waals surface area contributed by atoms with E-state index in [1.807, 2.05) is 142 Å². The molecule has 4 aliphatic rings. The van der Waals surface area contributed by atoms with Gasteiger partial charge in [-0.05, 0) is 112 Å². The van der Waals surface area contributed by atoms with Crippen molar-refractivity contribution in [2.24, 2.45) is 21.7 Å². The number of carbonyl (C=O) groups excluding carboxylic acids is 8. The Balaban J connectivity index is 0.000000231. The van der Waals surface area contributed by atoms with Crippen LogP contribution in [-0.4, -0.2) is 123 Å². The summed E-state index contributed by atoms with van der Waals surface area (Å²) >= 11 is 0. The SMILES string of the molecule is CCC(C)(C)C(=O)C(=O)N1CCCC1Cc1ccccc1.CCC(C)(C)C(=O)C(=O)N1CCCC1c1cccc(OC)c1.CCC(C)(C)C(=O)C(=O)N1CCCC1c1ccccc1.CCC(C)(C)C(=O)C(=O)N1CCC[C@H]1C(=O)O. The van der Waals surface area contributed by atoms with Gasteiger partial charge in [0.25, 0.3) is 23.6 Å². The van der Waals surface area contributed by atoms with Crippen LogP contribution in [0.4, 0.5) is 0 Å². The molecule has 4 heterocycles. The average molecular weight is 1110 g/mol. The molecule has 0 spiro atoms. The molecule has 0 saturated carbocycles. The summed E-state index contributed by atoms with van der Waals surface area (Å²) in [7, 11) is 1.63. The number of ether oxygens (including phenoxy) is 1. The van der Waals surface area contributed by atoms with Gasteiger partial charge in [0.2, 0.25) is 23.1 Å². The van der Waals surface area contributed by atoms with Crippen LogP contribution in [0.25, 0.3) is 0 Å². The summed E-state index contributed by atoms with van der Waals surface area (Å²) in [5.74, 6) is -3.15. The molecule has 1 N–H and O–H groups in total. The van der Waals surface area contributed by atoms with Crippen molar-refractivity contribution < 1.29 is 53.0 Å². The molecule has 80 heavy (non-hydrogen) atoms. The summed E-state index contributed by atoms with van der Waals surface area (Å²) in [6.45, 7) is 24.6. The van der Waals surface area contributed by atoms with Gasteiger partial charge in [-0.25, -0.2) is 4.79 Å². The number of carbonyl (C=O) groups is 9. The fourth-order valence-corrected chi connectivity index (χ4v) is 10.0. The van der Waals surface area contributed by atoms with Crippen molar-refractivity contribution in [2.45, 2.75) is 191 Å². The summed E-state index contributed by atoms with van der Waals surface area (Å²) < 4.78 is 5.26. The number of methoxy groups -OCH3 is 1. The van der Waals surface area contributed by atoms with Crippen molar-refractivity contribution >= 4 is 52.7 Å². The third kappa shape index (κ3) is 16.8. The number of hydrogen-bond donors (Lipinski definition) is 1. The van der Waals surface area contributed by atoms with Crippen LogP contribution in [-0.2, 0) is 49.6 Å². The van der Waals surface area contributed by atoms with Crippen molar-refractivity contribution in [3.8, 4) is 5.75 Å². The molecule has 4 aliphatic heterocycles. The number of amides is 4. The second-order valence-electron chi connectivity index (χ2n) is 24.2. The molecule has 0 aliphatic carbocycles. The van der Waals surface area contributed by atoms with Gasteiger partial charge in [-0.3, -0.25) is 38.4 Å². The number of ketones is 4. The van der Waals surface area contributed by atoms with E-state index in [0.717, 1.165) is 61.8 Å². The lowest BCUT2D eigenvalue weighted by Gasteiger charge is -2.28. The minimum Gasteiger partial charge on any atom is -0.497 e. The Kier molecular flexibility index (Phi) is 24.2. The number of benzene rings is 3. The third-order valence-electron chi connectivity index (χ3n) is 17.2. The fourth-order valence-electron chi connectivity index (χ4n) is 10.0. The van der Waals surface area contributed by atoms with Gasteiger partial charge < -0.3 is 29.4 Å². The fraction of sp³-hybridized carbons (Fsp3) is 0.585. The lowest BCUT2D eigenvalue weighted by molar-refractivity contribution is -0.154. The lowest BCUT2D eigenvalue weighted by atomic mass is 9.84. The molecule has 15 nitrogen and oxygen atoms in total. The van der Waals surface area contributed by atoms with E-state index in [-0.39, 0.29) is 53.2 Å². The summed E-state index contributed by atoms with van der Waals surface area (Å²) in [6.07, 6.45) is 10.2. The van der Waals surface area contributed by atoms with E-state index in [2.05, 4.69) is 12.1 Å². The molecule has 3 aromatic rings. The molecular formula is C65H92N4O11. The van der Waals surface area contributed by atoms with Crippen molar-refractivity contribution in [2.75, 3.05) is 33.3 Å². The number of carboxylic acid groups (broad SMARTS) is 1. The van der Waals surface area contributed by atoms with Gasteiger partial charge in [0, 0.05) is 53.9 Å². The second-order valence-corrected chi connectivity index (χ2v) is 24.2. The highest BCUT2D eigenvalue weighted by molar-refractivity contribution is 6.39. The maximum absolute atomic E-state index is 12.6. The Labute approximate surface area is 476 Å². The van der Waals surface area contributed by atoms with Gasteiger partial charge in [-0.1, -0.05) is 156 Å². The van der Waals surface area contributed by atoms with Gasteiger partial charge >= 0.3 is 5.97 Å². The maximum atomic E-state index is 12.6. The van der Waals surface area contributed by atoms with Crippen molar-refractivity contribution in [3.05, 3.63) is 102 Å². The number of carboxylic acids is 1. The third-order valence-corrected chi connectivity index (χ3v) is 17.2. The zero-order valence-corrected chi connectivity index (χ0v) is 50.2. The van der Waals surface area contributed by atoms with Crippen LogP contribution in [0, 0.1) is 21.7 Å². The molecule has 4 saturated heterocycles. The predicted octanol–water partition coefficient (Wildman–Crippen LogP) is 11.0. The zero-order chi connectivity index (χ0) is 59.8. The predicted molar refractivity (Wildman–Crippen MR) is 310 cm³/mol. The Morgan fingerprint density at radius 2 is 0.825 bits per heavy atom. The molecule has 4 atom stereocenters. The Morgan fingerprint density at radius 3 is 1.26 bits per heavy atom. The molecule has 15 heteroatoms. The first kappa shape index (κ1) is 66.0. The Morgan fingerprint density at radius 1 is 0.463 bits per heavy atom. The van der Waals surface area contributed by atoms with Crippen LogP contribution >= 0.6 is 0 Å². The van der Waals surface area contributed by atoms with E-state index in [1.54, 1.807) is 35.7 Å². The van der Waals surface area contributed by atoms with Crippen molar-refractivity contribution in [1.29, 1.82) is 0 Å². The summed E-state index contributed by atoms with van der Waals surface area (Å²) in [6, 6.07) is 27.3. The van der Waals surface area contributed by atoms with Crippen molar-refractivity contribution in [1.82, 2.24) is 19.6 Å². The molecule has 0 aromatic heterocycles. The lowest BCUT2D eigenvalue weighted by Crippen LogP contribution is -2.47. The molecule has 4 amide bonds. The van der Waals surface area contributed by atoms with E-state index < -0.39 is 45.4 Å². The van der Waals surface area contributed by atoms with E-state index in [1.165, 1.54) is 10.5 Å². The topological polar surface area (TPSA) is 196 Å². The number of likely N-dealkylation sites (tertiary alicyclic amines) is 4. The number of rotatable bonds is 18. The van der Waals surface area contributed by atoms with Gasteiger partial charge in [0.1, 0.15) is 11.8 Å². The van der Waals surface area contributed by atoms with Gasteiger partial charge in [0.15, 0.2) is 0 Å². The van der Waals surface area contributed by atoms with Crippen LogP contribution in [0.1, 0.15) is 189 Å². The van der Waals surface area contributed by atoms with E-state index in [0.29, 0.717) is 64.7 Å². The molecule has 0 bridgehead atoms. The van der Waals surface area contributed by atoms with Crippen LogP contribution < -0.4 is 4.74 Å². The largest absolute Gasteiger partial charge is 0.497 e. The monoisotopic (exact) mass is 1100 g/mol. The first-order valence-electron chi connectivity index (χ1n) is 29.0. The number of Topliss-reactive ketones (excluding diaryl/α,β-unsaturated/α-hetero) is 4. The number of nitrogens with zero attached hydrogens (tertiary/aromatic N) is 4. The van der Waals surface area contributed by atoms with E-state index >= 15 is 0 Å². The summed E-state index contributed by atoms with van der Waals surface area (Å²) in [4.78, 5) is 116. The van der Waals surface area contributed by atoms with Crippen LogP contribution in [0.5, 0.6) is 5.75 Å². The minimum absolute atomic E-state index is 0.0285. The normalized spacial score (nSPS) is 19.1. The smallest absolute Gasteiger partial charge is 0.326 e. The summed E-state index contributed by atoms with van der Waals surface area (Å²) in [5, 5.41) is 8.97. The standard InChI is InChI=1S/C18H25NO3.C18H25NO2.C17H23NO2.C12H19NO4/c1-5-18(2,3)16(20)17(21)19-11-7-10-15(19)13-8-6-9-14(12-13)22-4;1-4-18(2,3)16(20)17(21)19-12-8-11-15(19)13-14-9-6-5-7-10-14;1-4-17(2,3)15(19)16(20)18-12-8-11-14(18)13-9-6-5-7-10-13;1-4-12(2,3)9(14)10(15)13-7-5-6-8(13)11(16)17/h6,8-9,12,15H,5,7,10-11H2,1-4H3;5-7,9-10,15H,4,8,11-13H2,1-3H3;5-7,9-10,14H,4,8,11-12H2,1-3H3;8H,4-7H2,1-3H3,(H,16,17)/t;;;8-/m...0/s1. The molecule has 0 radical (unpaired) electrons. The molecule has 3 aromatic carbocycles. The van der Waals surface area contributed by atoms with Crippen LogP contribution in [0.2, 0.25) is 0 Å². The number of aliphatic carboxylic acids is 1. The first-order chi connectivity index (χ1) is 37.6. The quantitative estimate of drug-likeness (QED) is 0.119. The highest BCUT2D eigenvalue weighted by Gasteiger charge is 2.43. The molecule has 438 valence electrons. The van der Waals surface area contributed by atoms with Gasteiger partial charge in [0.05, 0.1) is 19.2 Å². The van der Waals surface area contributed by atoms with E-state index in [9.17, 15) is 43.2 Å². The van der Waals surface area contributed by atoms with Crippen LogP contribution in [0.3, 0.4) is 0 Å². The van der Waals surface area contributed by atoms with E-state index in [4.69, 9.17) is 9.84 Å². The highest BCUT2D eigenvalue weighted by Crippen LogP contribution is 2.37. The van der Waals surface area contributed by atoms with Gasteiger partial charge in [-0.2, -0.15) is 0 Å². The maximum Gasteiger partial charge on any atom is 0.326 e. The van der Waals surface area contributed by atoms with Crippen LogP contribution in [0.15, 0.2) is 84.9 Å². The van der Waals surface area contributed by atoms with Gasteiger partial charge in [-0.15, -0.1) is 0 Å². The number of hydrogen-bond acceptors (Lipinski definition) is 10. The Bertz CT molecular complexity index is 2630. The molecular weight excluding hydrogens is 1010 g/mol. The second kappa shape index (κ2) is 29.3. The minimum atomic E-state index is -1.03. The highest BCUT2D eigenvalue weighted by atomic mass is 16.5. The molecule has 3 unspecified atom stereocenters. The molecule has 4 fully saturated rings. The summed E-state index contributed by atoms with van der Waals surface area (Å²) in [5.41, 5.74) is 0.941.